The second-order valence-electron chi connectivity index (χ2n) is 19.6. The van der Waals surface area contributed by atoms with E-state index in [0.717, 1.165) is 35.9 Å². The van der Waals surface area contributed by atoms with Crippen molar-refractivity contribution in [1.82, 2.24) is 4.98 Å². The molecule has 0 unspecified atom stereocenters. The quantitative estimate of drug-likeness (QED) is 0.0922. The molecule has 4 aromatic carbocycles. The summed E-state index contributed by atoms with van der Waals surface area (Å²) in [7, 11) is 0. The van der Waals surface area contributed by atoms with Crippen molar-refractivity contribution in [2.24, 2.45) is 0 Å². The lowest BCUT2D eigenvalue weighted by Gasteiger charge is -2.15. The summed E-state index contributed by atoms with van der Waals surface area (Å²) in [6.45, 7) is 11.1. The number of nitrogens with zero attached hydrogens (tertiary/aromatic N) is 1. The van der Waals surface area contributed by atoms with Crippen LogP contribution in [0.15, 0.2) is 84.9 Å². The Bertz CT molecular complexity index is 2810. The Morgan fingerprint density at radius 2 is 0.682 bits per heavy atom. The Kier molecular flexibility index (Phi) is 28.6. The molecule has 0 N–H and O–H groups in total. The number of hydrogen-bond donors (Lipinski definition) is 0. The summed E-state index contributed by atoms with van der Waals surface area (Å²) in [5.41, 5.74) is -4.84. The van der Waals surface area contributed by atoms with Crippen LogP contribution in [-0.2, 0) is 37.1 Å². The molecule has 0 fully saturated rings. The summed E-state index contributed by atoms with van der Waals surface area (Å²) in [6.07, 6.45) is -35.0. The number of halogens is 26. The first kappa shape index (κ1) is 77.4. The Labute approximate surface area is 485 Å². The number of hydrogen-bond acceptors (Lipinski definition) is 4. The van der Waals surface area contributed by atoms with Crippen LogP contribution < -0.4 is 14.2 Å². The van der Waals surface area contributed by atoms with Crippen LogP contribution in [0.4, 0.5) is 110 Å². The first-order chi connectivity index (χ1) is 38.2. The number of pyridine rings is 1. The monoisotopic (exact) mass is 1380 g/mol. The van der Waals surface area contributed by atoms with E-state index in [9.17, 15) is 110 Å². The predicted molar refractivity (Wildman–Crippen MR) is 273 cm³/mol. The fourth-order valence-corrected chi connectivity index (χ4v) is 6.98. The number of benzene rings is 4. The van der Waals surface area contributed by atoms with Crippen LogP contribution in [0.2, 0.25) is 0 Å². The highest BCUT2D eigenvalue weighted by Crippen LogP contribution is 2.40. The molecule has 30 heteroatoms. The normalized spacial score (nSPS) is 12.6. The molecule has 4 nitrogen and oxygen atoms in total. The van der Waals surface area contributed by atoms with Crippen LogP contribution >= 0.6 is 22.6 Å². The molecule has 0 bridgehead atoms. The lowest BCUT2D eigenvalue weighted by Crippen LogP contribution is -2.19. The molecule has 5 rings (SSSR count). The molecule has 0 atom stereocenters. The van der Waals surface area contributed by atoms with Gasteiger partial charge in [-0.1, -0.05) is 69.2 Å². The van der Waals surface area contributed by atoms with Crippen LogP contribution in [0.25, 0.3) is 0 Å². The maximum atomic E-state index is 12.6. The molecule has 85 heavy (non-hydrogen) atoms. The molecule has 5 aromatic rings. The van der Waals surface area contributed by atoms with Crippen molar-refractivity contribution >= 4 is 22.6 Å². The van der Waals surface area contributed by atoms with Gasteiger partial charge >= 0.3 is 49.8 Å². The van der Waals surface area contributed by atoms with E-state index in [1.54, 1.807) is 47.6 Å². The zero-order chi connectivity index (χ0) is 66.3. The summed E-state index contributed by atoms with van der Waals surface area (Å²) in [6, 6.07) is 13.2. The number of rotatable bonds is 12. The topological polar surface area (TPSA) is 40.6 Å². The standard InChI is InChI=1S/C12H12F6O.C12H13F5O.C11H11F5O.C10H9F6N.C10H10F3I/c1-7(2)8-3-9(12(16,17)18)5-10(4-8)19-6-11(13,14)15;1-7(2)8-3-9(12(15,16)17)5-10(4-8)18-6-11(13)14;1-6(2)7-3-8(11(14,15)16)5-9(4-7)17-10(12)13;1-5(2)7-3-6(9(11,12)13)4-8(17-7)10(14,15)16;1-6(2)7-3-8(10(11,12)13)5-9(14)4-7/h3-5,7H,6H2,1-2H3;3-5,7,11H,6H2,1-2H3;3-6,10H,1-2H3;3-5H,1-2H3;3-6H,1-2H3. The van der Waals surface area contributed by atoms with Crippen molar-refractivity contribution in [2.75, 3.05) is 13.2 Å². The Morgan fingerprint density at radius 3 is 0.988 bits per heavy atom. The van der Waals surface area contributed by atoms with Crippen LogP contribution in [0.5, 0.6) is 17.2 Å². The average Bonchev–Trinajstić information content (AvgIpc) is 3.55. The van der Waals surface area contributed by atoms with Gasteiger partial charge < -0.3 is 14.2 Å². The van der Waals surface area contributed by atoms with Crippen molar-refractivity contribution in [1.29, 1.82) is 0 Å². The summed E-state index contributed by atoms with van der Waals surface area (Å²) < 4.78 is 322. The molecule has 0 amide bonds. The molecular weight excluding hydrogens is 1320 g/mol. The predicted octanol–water partition coefficient (Wildman–Crippen LogP) is 22.3. The molecular formula is C55H55F25INO3. The number of alkyl halides is 25. The van der Waals surface area contributed by atoms with Gasteiger partial charge in [-0.2, -0.15) is 101 Å². The van der Waals surface area contributed by atoms with Crippen molar-refractivity contribution < 1.29 is 124 Å². The molecule has 0 radical (unpaired) electrons. The average molecular weight is 1380 g/mol. The summed E-state index contributed by atoms with van der Waals surface area (Å²) >= 11 is 1.90. The van der Waals surface area contributed by atoms with Crippen molar-refractivity contribution in [3.8, 4) is 17.2 Å². The molecule has 0 saturated heterocycles. The van der Waals surface area contributed by atoms with E-state index in [4.69, 9.17) is 0 Å². The molecule has 0 aliphatic heterocycles. The Hall–Kier alpha value is -5.59. The lowest BCUT2D eigenvalue weighted by atomic mass is 10.00. The van der Waals surface area contributed by atoms with Crippen LogP contribution in [0.1, 0.15) is 160 Å². The zero-order valence-electron chi connectivity index (χ0n) is 46.0. The molecule has 1 heterocycles. The van der Waals surface area contributed by atoms with E-state index < -0.39 is 120 Å². The van der Waals surface area contributed by atoms with Crippen molar-refractivity contribution in [3.05, 3.63) is 150 Å². The minimum atomic E-state index is -4.88. The van der Waals surface area contributed by atoms with Crippen molar-refractivity contribution in [2.45, 2.75) is 155 Å². The SMILES string of the molecule is CC(C)c1cc(C(F)(F)F)cc(C(F)(F)F)n1.CC(C)c1cc(I)cc(C(F)(F)F)c1.CC(C)c1cc(OC(F)F)cc(C(F)(F)F)c1.CC(C)c1cc(OCC(F)(F)F)cc(C(F)(F)F)c1.CC(C)c1cc(OCC(F)F)cc(C(F)(F)F)c1. The van der Waals surface area contributed by atoms with Gasteiger partial charge in [0.05, 0.1) is 27.8 Å². The van der Waals surface area contributed by atoms with Crippen LogP contribution in [0.3, 0.4) is 0 Å². The van der Waals surface area contributed by atoms with Gasteiger partial charge in [0, 0.05) is 9.26 Å². The van der Waals surface area contributed by atoms with E-state index in [2.05, 4.69) is 19.2 Å². The molecule has 0 aliphatic carbocycles. The second kappa shape index (κ2) is 31.4. The van der Waals surface area contributed by atoms with E-state index in [-0.39, 0.29) is 46.7 Å². The summed E-state index contributed by atoms with van der Waals surface area (Å²) in [4.78, 5) is 3.19. The summed E-state index contributed by atoms with van der Waals surface area (Å²) in [5.74, 6) is -2.11. The third kappa shape index (κ3) is 29.1. The van der Waals surface area contributed by atoms with Gasteiger partial charge in [0.15, 0.2) is 6.61 Å². The highest BCUT2D eigenvalue weighted by molar-refractivity contribution is 14.1. The first-order valence-corrected chi connectivity index (χ1v) is 25.5. The van der Waals surface area contributed by atoms with Gasteiger partial charge in [-0.25, -0.2) is 13.8 Å². The van der Waals surface area contributed by atoms with Gasteiger partial charge in [-0.3, -0.25) is 0 Å². The largest absolute Gasteiger partial charge is 0.488 e. The smallest absolute Gasteiger partial charge is 0.433 e. The third-order valence-electron chi connectivity index (χ3n) is 10.7. The minimum absolute atomic E-state index is 0.0197. The molecule has 1 aromatic heterocycles. The maximum Gasteiger partial charge on any atom is 0.433 e. The molecule has 0 aliphatic rings. The third-order valence-corrected chi connectivity index (χ3v) is 11.4. The maximum absolute atomic E-state index is 12.6. The minimum Gasteiger partial charge on any atom is -0.488 e. The van der Waals surface area contributed by atoms with Gasteiger partial charge in [-0.15, -0.1) is 0 Å². The van der Waals surface area contributed by atoms with E-state index in [0.29, 0.717) is 32.9 Å². The van der Waals surface area contributed by atoms with Gasteiger partial charge in [-0.05, 0) is 159 Å². The fourth-order valence-electron chi connectivity index (χ4n) is 6.29. The highest BCUT2D eigenvalue weighted by atomic mass is 127. The van der Waals surface area contributed by atoms with E-state index in [1.807, 2.05) is 36.4 Å². The molecule has 480 valence electrons. The fraction of sp³-hybridized carbons (Fsp3) is 0.473. The second-order valence-corrected chi connectivity index (χ2v) is 20.8. The van der Waals surface area contributed by atoms with Crippen molar-refractivity contribution in [3.63, 3.8) is 0 Å². The lowest BCUT2D eigenvalue weighted by molar-refractivity contribution is -0.153. The van der Waals surface area contributed by atoms with Crippen LogP contribution in [-0.4, -0.2) is 37.4 Å². The highest BCUT2D eigenvalue weighted by Gasteiger charge is 2.39. The number of aromatic nitrogens is 1. The van der Waals surface area contributed by atoms with E-state index >= 15 is 0 Å². The Balaban J connectivity index is 0.000000533. The molecule has 0 saturated carbocycles. The van der Waals surface area contributed by atoms with Gasteiger partial charge in [0.25, 0.3) is 6.43 Å². The first-order valence-electron chi connectivity index (χ1n) is 24.5. The van der Waals surface area contributed by atoms with E-state index in [1.165, 1.54) is 38.1 Å². The molecule has 0 spiro atoms. The van der Waals surface area contributed by atoms with Crippen LogP contribution in [0, 0.1) is 3.57 Å². The Morgan fingerprint density at radius 1 is 0.365 bits per heavy atom. The zero-order valence-corrected chi connectivity index (χ0v) is 48.2. The van der Waals surface area contributed by atoms with Gasteiger partial charge in [0.2, 0.25) is 0 Å². The number of ether oxygens (including phenoxy) is 3. The van der Waals surface area contributed by atoms with Gasteiger partial charge in [0.1, 0.15) is 29.5 Å². The summed E-state index contributed by atoms with van der Waals surface area (Å²) in [5, 5.41) is 0.